The third-order valence-electron chi connectivity index (χ3n) is 7.68. The lowest BCUT2D eigenvalue weighted by Gasteiger charge is -2.34. The van der Waals surface area contributed by atoms with Gasteiger partial charge in [-0.15, -0.1) is 0 Å². The monoisotopic (exact) mass is 470 g/mol. The van der Waals surface area contributed by atoms with Gasteiger partial charge in [0.2, 0.25) is 5.91 Å². The minimum Gasteiger partial charge on any atom is -0.493 e. The van der Waals surface area contributed by atoms with Gasteiger partial charge in [0.05, 0.1) is 27.4 Å². The van der Waals surface area contributed by atoms with Crippen molar-refractivity contribution in [1.29, 1.82) is 0 Å². The van der Waals surface area contributed by atoms with E-state index in [0.717, 1.165) is 68.1 Å². The number of benzene rings is 1. The number of nitrogens with zero attached hydrogens (tertiary/aromatic N) is 2. The third-order valence-corrected chi connectivity index (χ3v) is 7.68. The first-order chi connectivity index (χ1) is 16.5. The second-order valence-electron chi connectivity index (χ2n) is 9.82. The summed E-state index contributed by atoms with van der Waals surface area (Å²) in [5.74, 6) is 2.65. The molecule has 3 atom stereocenters. The Morgan fingerprint density at radius 2 is 1.71 bits per heavy atom. The summed E-state index contributed by atoms with van der Waals surface area (Å²) in [5.41, 5.74) is 4.25. The number of hydrogen-bond acceptors (Lipinski definition) is 6. The van der Waals surface area contributed by atoms with Gasteiger partial charge in [0, 0.05) is 32.0 Å². The van der Waals surface area contributed by atoms with Gasteiger partial charge in [-0.05, 0) is 79.1 Å². The van der Waals surface area contributed by atoms with Crippen LogP contribution in [0, 0.1) is 11.8 Å². The average molecular weight is 471 g/mol. The Labute approximate surface area is 202 Å². The van der Waals surface area contributed by atoms with E-state index in [4.69, 9.17) is 9.47 Å². The molecule has 2 unspecified atom stereocenters. The van der Waals surface area contributed by atoms with Crippen LogP contribution in [0.3, 0.4) is 0 Å². The zero-order chi connectivity index (χ0) is 24.2. The maximum Gasteiger partial charge on any atom is 0.223 e. The number of ether oxygens (including phenoxy) is 2. The smallest absolute Gasteiger partial charge is 0.223 e. The minimum absolute atomic E-state index is 0.0641. The molecule has 1 heterocycles. The number of likely N-dealkylation sites (N-methyl/N-ethyl adjacent to an activating group) is 1. The van der Waals surface area contributed by atoms with Crippen LogP contribution in [0.15, 0.2) is 35.4 Å². The maximum absolute atomic E-state index is 12.9. The number of amides is 1. The number of hydrogen-bond donors (Lipinski definition) is 2. The first-order valence-corrected chi connectivity index (χ1v) is 12.3. The quantitative estimate of drug-likeness (QED) is 0.546. The number of likely N-dealkylation sites (tertiary alicyclic amines) is 1. The van der Waals surface area contributed by atoms with E-state index in [0.29, 0.717) is 12.3 Å². The van der Waals surface area contributed by atoms with E-state index >= 15 is 0 Å². The van der Waals surface area contributed by atoms with Crippen LogP contribution in [0.5, 0.6) is 11.5 Å². The van der Waals surface area contributed by atoms with Gasteiger partial charge in [0.1, 0.15) is 0 Å². The molecule has 1 aromatic rings. The molecule has 2 aliphatic carbocycles. The summed E-state index contributed by atoms with van der Waals surface area (Å²) in [6, 6.07) is 4.20. The van der Waals surface area contributed by atoms with Crippen LogP contribution in [-0.4, -0.2) is 86.6 Å². The van der Waals surface area contributed by atoms with E-state index in [1.165, 1.54) is 11.1 Å². The molecule has 0 radical (unpaired) electrons. The van der Waals surface area contributed by atoms with Crippen molar-refractivity contribution in [3.8, 4) is 11.5 Å². The summed E-state index contributed by atoms with van der Waals surface area (Å²) < 4.78 is 10.9. The summed E-state index contributed by atoms with van der Waals surface area (Å²) >= 11 is 0. The first kappa shape index (κ1) is 24.8. The van der Waals surface area contributed by atoms with Crippen LogP contribution in [0.2, 0.25) is 0 Å². The zero-order valence-electron chi connectivity index (χ0n) is 20.6. The number of aliphatic hydroxyl groups excluding tert-OH is 2. The SMILES string of the molecule is COc1cc2c(cc1OC)[C@@H](CN(C)CCCN1CCC3C=C(CO)C(CO)=CC3CC1=O)C2. The number of rotatable bonds is 10. The molecule has 1 aliphatic heterocycles. The molecule has 4 rings (SSSR count). The lowest BCUT2D eigenvalue weighted by atomic mass is 9.77. The minimum atomic E-state index is -0.0916. The number of fused-ring (bicyclic) bond motifs is 2. The number of aliphatic hydroxyl groups is 2. The van der Waals surface area contributed by atoms with Crippen LogP contribution in [0.1, 0.15) is 36.3 Å². The number of carbonyl (C=O) groups excluding carboxylic acids is 1. The highest BCUT2D eigenvalue weighted by Crippen LogP contribution is 2.42. The average Bonchev–Trinajstić information content (AvgIpc) is 2.98. The summed E-state index contributed by atoms with van der Waals surface area (Å²) in [5, 5.41) is 19.2. The fraction of sp³-hybridized carbons (Fsp3) is 0.593. The van der Waals surface area contributed by atoms with Crippen LogP contribution in [-0.2, 0) is 11.2 Å². The molecule has 0 spiro atoms. The van der Waals surface area contributed by atoms with E-state index < -0.39 is 0 Å². The Morgan fingerprint density at radius 1 is 1.03 bits per heavy atom. The molecule has 3 aliphatic rings. The molecule has 7 nitrogen and oxygen atoms in total. The molecular weight excluding hydrogens is 432 g/mol. The Bertz CT molecular complexity index is 957. The molecule has 7 heteroatoms. The van der Waals surface area contributed by atoms with Crippen LogP contribution >= 0.6 is 0 Å². The molecule has 1 aromatic carbocycles. The number of carbonyl (C=O) groups is 1. The Morgan fingerprint density at radius 3 is 2.38 bits per heavy atom. The zero-order valence-corrected chi connectivity index (χ0v) is 20.6. The van der Waals surface area contributed by atoms with Crippen molar-refractivity contribution >= 4 is 5.91 Å². The van der Waals surface area contributed by atoms with Crippen molar-refractivity contribution < 1.29 is 24.5 Å². The Hall–Kier alpha value is -2.35. The topological polar surface area (TPSA) is 82.5 Å². The third kappa shape index (κ3) is 5.16. The second kappa shape index (κ2) is 10.9. The first-order valence-electron chi connectivity index (χ1n) is 12.3. The van der Waals surface area contributed by atoms with E-state index in [-0.39, 0.29) is 31.0 Å². The predicted molar refractivity (Wildman–Crippen MR) is 131 cm³/mol. The highest BCUT2D eigenvalue weighted by molar-refractivity contribution is 5.77. The van der Waals surface area contributed by atoms with Crippen molar-refractivity contribution in [2.45, 2.75) is 31.6 Å². The molecule has 1 fully saturated rings. The molecule has 1 amide bonds. The fourth-order valence-electron chi connectivity index (χ4n) is 5.69. The molecule has 0 aromatic heterocycles. The molecule has 0 saturated carbocycles. The molecule has 34 heavy (non-hydrogen) atoms. The number of methoxy groups -OCH3 is 2. The molecule has 186 valence electrons. The van der Waals surface area contributed by atoms with Gasteiger partial charge < -0.3 is 29.5 Å². The van der Waals surface area contributed by atoms with Gasteiger partial charge in [-0.2, -0.15) is 0 Å². The summed E-state index contributed by atoms with van der Waals surface area (Å²) in [7, 11) is 5.50. The van der Waals surface area contributed by atoms with Gasteiger partial charge in [-0.3, -0.25) is 4.79 Å². The standard InChI is InChI=1S/C27H38N2O5/c1-28(15-21-11-20-12-25(33-2)26(34-3)14-24(20)21)6-4-7-29-8-5-18-9-22(16-30)23(17-31)10-19(18)13-27(29)32/h9-10,12,14,18-19,21,30-31H,4-8,11,13,15-17H2,1-3H3/t18?,19?,21-/m1/s1. The Kier molecular flexibility index (Phi) is 7.96. The van der Waals surface area contributed by atoms with Crippen molar-refractivity contribution in [2.75, 3.05) is 60.7 Å². The van der Waals surface area contributed by atoms with Crippen molar-refractivity contribution in [1.82, 2.24) is 9.80 Å². The largest absolute Gasteiger partial charge is 0.493 e. The maximum atomic E-state index is 12.9. The summed E-state index contributed by atoms with van der Waals surface area (Å²) in [4.78, 5) is 17.3. The molecular formula is C27H38N2O5. The van der Waals surface area contributed by atoms with Crippen molar-refractivity contribution in [3.63, 3.8) is 0 Å². The normalized spacial score (nSPS) is 24.0. The highest BCUT2D eigenvalue weighted by atomic mass is 16.5. The highest BCUT2D eigenvalue weighted by Gasteiger charge is 2.32. The lowest BCUT2D eigenvalue weighted by molar-refractivity contribution is -0.131. The fourth-order valence-corrected chi connectivity index (χ4v) is 5.69. The van der Waals surface area contributed by atoms with Crippen molar-refractivity contribution in [3.05, 3.63) is 46.6 Å². The van der Waals surface area contributed by atoms with Gasteiger partial charge in [-0.1, -0.05) is 12.2 Å². The van der Waals surface area contributed by atoms with Crippen molar-refractivity contribution in [2.24, 2.45) is 11.8 Å². The second-order valence-corrected chi connectivity index (χ2v) is 9.82. The van der Waals surface area contributed by atoms with Crippen LogP contribution in [0.25, 0.3) is 0 Å². The Balaban J connectivity index is 1.26. The van der Waals surface area contributed by atoms with Crippen LogP contribution < -0.4 is 9.47 Å². The van der Waals surface area contributed by atoms with E-state index in [2.05, 4.69) is 30.2 Å². The predicted octanol–water partition coefficient (Wildman–Crippen LogP) is 2.37. The summed E-state index contributed by atoms with van der Waals surface area (Å²) in [6.45, 7) is 3.29. The lowest BCUT2D eigenvalue weighted by Crippen LogP contribution is -2.35. The van der Waals surface area contributed by atoms with Crippen LogP contribution in [0.4, 0.5) is 0 Å². The van der Waals surface area contributed by atoms with Gasteiger partial charge in [0.25, 0.3) is 0 Å². The van der Waals surface area contributed by atoms with Gasteiger partial charge in [-0.25, -0.2) is 0 Å². The molecule has 1 saturated heterocycles. The van der Waals surface area contributed by atoms with Gasteiger partial charge >= 0.3 is 0 Å². The van der Waals surface area contributed by atoms with E-state index in [9.17, 15) is 15.0 Å². The van der Waals surface area contributed by atoms with Gasteiger partial charge in [0.15, 0.2) is 11.5 Å². The molecule has 0 bridgehead atoms. The summed E-state index contributed by atoms with van der Waals surface area (Å²) in [6.07, 6.45) is 7.45. The van der Waals surface area contributed by atoms with E-state index in [1.807, 2.05) is 11.0 Å². The van der Waals surface area contributed by atoms with E-state index in [1.54, 1.807) is 14.2 Å². The number of allylic oxidation sites excluding steroid dienone is 2. The molecule has 2 N–H and O–H groups in total.